The summed E-state index contributed by atoms with van der Waals surface area (Å²) in [5.41, 5.74) is -0.158. The van der Waals surface area contributed by atoms with Crippen LogP contribution in [0, 0.1) is 5.92 Å². The Morgan fingerprint density at radius 2 is 2.00 bits per heavy atom. The Balaban J connectivity index is 2.19. The first-order valence-electron chi connectivity index (χ1n) is 6.40. The van der Waals surface area contributed by atoms with E-state index in [1.807, 2.05) is 13.8 Å². The third-order valence-electron chi connectivity index (χ3n) is 3.45. The zero-order valence-corrected chi connectivity index (χ0v) is 11.3. The molecule has 1 amide bonds. The lowest BCUT2D eigenvalue weighted by atomic mass is 9.99. The molecule has 1 N–H and O–H groups in total. The van der Waals surface area contributed by atoms with Gasteiger partial charge < -0.3 is 5.32 Å². The standard InChI is InChI=1S/C13H24ClNO/c1-13(2,9-10-14)15-12(16)8-7-11-5-3-4-6-11/h11H,3-10H2,1-2H3,(H,15,16). The van der Waals surface area contributed by atoms with Crippen LogP contribution < -0.4 is 5.32 Å². The van der Waals surface area contributed by atoms with E-state index in [9.17, 15) is 4.79 Å². The van der Waals surface area contributed by atoms with Crippen molar-refractivity contribution in [2.24, 2.45) is 5.92 Å². The molecule has 0 aliphatic heterocycles. The number of nitrogens with one attached hydrogen (secondary N) is 1. The number of hydrogen-bond donors (Lipinski definition) is 1. The summed E-state index contributed by atoms with van der Waals surface area (Å²) in [5.74, 6) is 1.57. The fraction of sp³-hybridized carbons (Fsp3) is 0.923. The summed E-state index contributed by atoms with van der Waals surface area (Å²) in [4.78, 5) is 11.7. The minimum atomic E-state index is -0.158. The third-order valence-corrected chi connectivity index (χ3v) is 3.64. The van der Waals surface area contributed by atoms with Crippen molar-refractivity contribution in [3.8, 4) is 0 Å². The van der Waals surface area contributed by atoms with Crippen molar-refractivity contribution in [2.45, 2.75) is 64.3 Å². The van der Waals surface area contributed by atoms with E-state index in [4.69, 9.17) is 11.6 Å². The molecule has 0 saturated heterocycles. The van der Waals surface area contributed by atoms with Crippen LogP contribution in [-0.2, 0) is 4.79 Å². The van der Waals surface area contributed by atoms with Gasteiger partial charge in [0.15, 0.2) is 0 Å². The lowest BCUT2D eigenvalue weighted by molar-refractivity contribution is -0.123. The first kappa shape index (κ1) is 13.8. The second kappa shape index (κ2) is 6.48. The molecular weight excluding hydrogens is 222 g/mol. The Morgan fingerprint density at radius 3 is 2.56 bits per heavy atom. The van der Waals surface area contributed by atoms with Crippen LogP contribution in [0.3, 0.4) is 0 Å². The molecule has 1 aliphatic rings. The highest BCUT2D eigenvalue weighted by Gasteiger charge is 2.21. The van der Waals surface area contributed by atoms with Crippen LogP contribution in [0.15, 0.2) is 0 Å². The van der Waals surface area contributed by atoms with E-state index < -0.39 is 0 Å². The van der Waals surface area contributed by atoms with Gasteiger partial charge in [-0.1, -0.05) is 25.7 Å². The van der Waals surface area contributed by atoms with Gasteiger partial charge in [-0.2, -0.15) is 0 Å². The molecule has 1 saturated carbocycles. The van der Waals surface area contributed by atoms with Gasteiger partial charge in [0.25, 0.3) is 0 Å². The zero-order chi connectivity index (χ0) is 12.0. The molecular formula is C13H24ClNO. The summed E-state index contributed by atoms with van der Waals surface area (Å²) in [6, 6.07) is 0. The van der Waals surface area contributed by atoms with E-state index in [1.54, 1.807) is 0 Å². The minimum Gasteiger partial charge on any atom is -0.351 e. The molecule has 0 bridgehead atoms. The molecule has 1 rings (SSSR count). The highest BCUT2D eigenvalue weighted by Crippen LogP contribution is 2.28. The molecule has 0 spiro atoms. The van der Waals surface area contributed by atoms with E-state index >= 15 is 0 Å². The van der Waals surface area contributed by atoms with Gasteiger partial charge in [0.2, 0.25) is 5.91 Å². The smallest absolute Gasteiger partial charge is 0.220 e. The van der Waals surface area contributed by atoms with Crippen LogP contribution in [0.4, 0.5) is 0 Å². The molecule has 0 radical (unpaired) electrons. The Morgan fingerprint density at radius 1 is 1.38 bits per heavy atom. The number of rotatable bonds is 6. The normalized spacial score (nSPS) is 17.7. The fourth-order valence-corrected chi connectivity index (χ4v) is 2.85. The Labute approximate surface area is 104 Å². The zero-order valence-electron chi connectivity index (χ0n) is 10.5. The lowest BCUT2D eigenvalue weighted by Crippen LogP contribution is -2.43. The highest BCUT2D eigenvalue weighted by atomic mass is 35.5. The van der Waals surface area contributed by atoms with Crippen LogP contribution >= 0.6 is 11.6 Å². The molecule has 94 valence electrons. The molecule has 2 nitrogen and oxygen atoms in total. The monoisotopic (exact) mass is 245 g/mol. The van der Waals surface area contributed by atoms with Gasteiger partial charge in [-0.05, 0) is 32.6 Å². The summed E-state index contributed by atoms with van der Waals surface area (Å²) in [6.45, 7) is 4.06. The molecule has 3 heteroatoms. The number of halogens is 1. The Kier molecular flexibility index (Phi) is 5.60. The average Bonchev–Trinajstić information content (AvgIpc) is 2.66. The predicted molar refractivity (Wildman–Crippen MR) is 68.8 cm³/mol. The number of alkyl halides is 1. The molecule has 0 aromatic rings. The Bertz CT molecular complexity index is 222. The van der Waals surface area contributed by atoms with Crippen molar-refractivity contribution in [2.75, 3.05) is 5.88 Å². The predicted octanol–water partition coefficient (Wildman–Crippen LogP) is 3.48. The fourth-order valence-electron chi connectivity index (χ4n) is 2.37. The molecule has 0 heterocycles. The number of amides is 1. The summed E-state index contributed by atoms with van der Waals surface area (Å²) in [5, 5.41) is 3.06. The second-order valence-electron chi connectivity index (χ2n) is 5.56. The van der Waals surface area contributed by atoms with Gasteiger partial charge >= 0.3 is 0 Å². The minimum absolute atomic E-state index is 0.158. The molecule has 0 aromatic carbocycles. The van der Waals surface area contributed by atoms with Gasteiger partial charge in [0, 0.05) is 17.8 Å². The molecule has 0 atom stereocenters. The van der Waals surface area contributed by atoms with E-state index in [-0.39, 0.29) is 11.4 Å². The van der Waals surface area contributed by atoms with E-state index in [1.165, 1.54) is 25.7 Å². The molecule has 1 fully saturated rings. The van der Waals surface area contributed by atoms with Crippen LogP contribution in [0.25, 0.3) is 0 Å². The molecule has 16 heavy (non-hydrogen) atoms. The maximum Gasteiger partial charge on any atom is 0.220 e. The van der Waals surface area contributed by atoms with E-state index in [0.717, 1.165) is 18.8 Å². The van der Waals surface area contributed by atoms with Crippen molar-refractivity contribution in [1.29, 1.82) is 0 Å². The Hall–Kier alpha value is -0.240. The SMILES string of the molecule is CC(C)(CCCl)NC(=O)CCC1CCCC1. The van der Waals surface area contributed by atoms with Crippen LogP contribution in [0.5, 0.6) is 0 Å². The van der Waals surface area contributed by atoms with Crippen LogP contribution in [0.2, 0.25) is 0 Å². The van der Waals surface area contributed by atoms with Gasteiger partial charge in [-0.3, -0.25) is 4.79 Å². The second-order valence-corrected chi connectivity index (χ2v) is 5.94. The van der Waals surface area contributed by atoms with Crippen molar-refractivity contribution < 1.29 is 4.79 Å². The molecule has 0 aromatic heterocycles. The van der Waals surface area contributed by atoms with Crippen molar-refractivity contribution >= 4 is 17.5 Å². The average molecular weight is 246 g/mol. The third kappa shape index (κ3) is 5.20. The number of carbonyl (C=O) groups excluding carboxylic acids is 1. The number of carbonyl (C=O) groups is 1. The van der Waals surface area contributed by atoms with Gasteiger partial charge in [-0.25, -0.2) is 0 Å². The van der Waals surface area contributed by atoms with Gasteiger partial charge in [-0.15, -0.1) is 11.6 Å². The molecule has 1 aliphatic carbocycles. The topological polar surface area (TPSA) is 29.1 Å². The maximum atomic E-state index is 11.7. The first-order valence-corrected chi connectivity index (χ1v) is 6.94. The van der Waals surface area contributed by atoms with Crippen molar-refractivity contribution in [1.82, 2.24) is 5.32 Å². The summed E-state index contributed by atoms with van der Waals surface area (Å²) < 4.78 is 0. The van der Waals surface area contributed by atoms with Gasteiger partial charge in [0.05, 0.1) is 0 Å². The lowest BCUT2D eigenvalue weighted by Gasteiger charge is -2.25. The van der Waals surface area contributed by atoms with E-state index in [2.05, 4.69) is 5.32 Å². The quantitative estimate of drug-likeness (QED) is 0.714. The summed E-state index contributed by atoms with van der Waals surface area (Å²) in [6.07, 6.45) is 7.90. The largest absolute Gasteiger partial charge is 0.351 e. The summed E-state index contributed by atoms with van der Waals surface area (Å²) in [7, 11) is 0. The van der Waals surface area contributed by atoms with Gasteiger partial charge in [0.1, 0.15) is 0 Å². The number of hydrogen-bond acceptors (Lipinski definition) is 1. The first-order chi connectivity index (χ1) is 7.53. The highest BCUT2D eigenvalue weighted by molar-refractivity contribution is 6.17. The van der Waals surface area contributed by atoms with E-state index in [0.29, 0.717) is 12.3 Å². The molecule has 0 unspecified atom stereocenters. The van der Waals surface area contributed by atoms with Crippen molar-refractivity contribution in [3.63, 3.8) is 0 Å². The summed E-state index contributed by atoms with van der Waals surface area (Å²) >= 11 is 5.70. The van der Waals surface area contributed by atoms with Crippen LogP contribution in [-0.4, -0.2) is 17.3 Å². The van der Waals surface area contributed by atoms with Crippen LogP contribution in [0.1, 0.15) is 58.8 Å². The maximum absolute atomic E-state index is 11.7. The van der Waals surface area contributed by atoms with Crippen molar-refractivity contribution in [3.05, 3.63) is 0 Å².